The highest BCUT2D eigenvalue weighted by Crippen LogP contribution is 2.30. The Morgan fingerprint density at radius 3 is 2.57 bits per heavy atom. The molecule has 0 fully saturated rings. The second kappa shape index (κ2) is 8.00. The van der Waals surface area contributed by atoms with Crippen LogP contribution in [0.2, 0.25) is 5.02 Å². The van der Waals surface area contributed by atoms with E-state index in [2.05, 4.69) is 4.99 Å². The third kappa shape index (κ3) is 3.53. The van der Waals surface area contributed by atoms with Crippen LogP contribution in [0.4, 0.5) is 10.1 Å². The fourth-order valence-corrected chi connectivity index (χ4v) is 3.46. The highest BCUT2D eigenvalue weighted by Gasteiger charge is 2.18. The molecule has 3 aromatic carbocycles. The summed E-state index contributed by atoms with van der Waals surface area (Å²) >= 11 is 6.16. The molecular weight excluding hydrogens is 407 g/mol. The Labute approximate surface area is 176 Å². The number of methoxy groups -OCH3 is 1. The lowest BCUT2D eigenvalue weighted by Crippen LogP contribution is -2.20. The van der Waals surface area contributed by atoms with Crippen molar-refractivity contribution in [2.75, 3.05) is 7.11 Å². The highest BCUT2D eigenvalue weighted by atomic mass is 35.5. The maximum atomic E-state index is 13.5. The van der Waals surface area contributed by atoms with Gasteiger partial charge in [-0.05, 0) is 36.4 Å². The number of ether oxygens (including phenoxy) is 1. The van der Waals surface area contributed by atoms with Crippen LogP contribution >= 0.6 is 11.6 Å². The Hall–Kier alpha value is -3.64. The number of aromatic hydroxyl groups is 1. The summed E-state index contributed by atoms with van der Waals surface area (Å²) in [5.41, 5.74) is 0.626. The molecule has 0 spiro atoms. The Bertz CT molecular complexity index is 1350. The first-order valence-corrected chi connectivity index (χ1v) is 9.37. The summed E-state index contributed by atoms with van der Waals surface area (Å²) < 4.78 is 19.8. The van der Waals surface area contributed by atoms with Gasteiger partial charge in [0, 0.05) is 23.1 Å². The van der Waals surface area contributed by atoms with Crippen molar-refractivity contribution in [1.29, 1.82) is 0 Å². The molecule has 1 aromatic heterocycles. The topological polar surface area (TPSA) is 63.8 Å². The van der Waals surface area contributed by atoms with E-state index in [1.807, 2.05) is 0 Å². The monoisotopic (exact) mass is 422 g/mol. The van der Waals surface area contributed by atoms with Crippen molar-refractivity contribution < 1.29 is 14.2 Å². The van der Waals surface area contributed by atoms with Crippen molar-refractivity contribution in [3.05, 3.63) is 93.5 Å². The molecule has 0 radical (unpaired) electrons. The van der Waals surface area contributed by atoms with Crippen LogP contribution in [0.15, 0.2) is 76.5 Å². The van der Waals surface area contributed by atoms with Crippen LogP contribution < -0.4 is 10.3 Å². The Balaban J connectivity index is 1.97. The van der Waals surface area contributed by atoms with Crippen LogP contribution in [-0.4, -0.2) is 23.0 Å². The van der Waals surface area contributed by atoms with Crippen molar-refractivity contribution in [2.24, 2.45) is 4.99 Å². The molecule has 4 rings (SSSR count). The molecule has 150 valence electrons. The van der Waals surface area contributed by atoms with Gasteiger partial charge in [0.2, 0.25) is 5.88 Å². The maximum absolute atomic E-state index is 13.5. The van der Waals surface area contributed by atoms with E-state index in [4.69, 9.17) is 16.3 Å². The summed E-state index contributed by atoms with van der Waals surface area (Å²) in [7, 11) is 1.56. The van der Waals surface area contributed by atoms with E-state index in [1.54, 1.807) is 55.6 Å². The summed E-state index contributed by atoms with van der Waals surface area (Å²) in [4.78, 5) is 17.5. The van der Waals surface area contributed by atoms with Crippen LogP contribution in [0, 0.1) is 5.82 Å². The number of rotatable bonds is 4. The number of benzene rings is 3. The lowest BCUT2D eigenvalue weighted by molar-refractivity contribution is 0.415. The largest absolute Gasteiger partial charge is 0.497 e. The molecule has 0 bridgehead atoms. The fraction of sp³-hybridized carbons (Fsp3) is 0.0435. The first-order chi connectivity index (χ1) is 14.5. The molecule has 1 N–H and O–H groups in total. The second-order valence-corrected chi connectivity index (χ2v) is 6.89. The average Bonchev–Trinajstić information content (AvgIpc) is 2.75. The number of hydrogen-bond acceptors (Lipinski definition) is 4. The zero-order chi connectivity index (χ0) is 21.3. The summed E-state index contributed by atoms with van der Waals surface area (Å²) in [6.45, 7) is 0. The van der Waals surface area contributed by atoms with Gasteiger partial charge in [0.1, 0.15) is 11.6 Å². The molecule has 0 saturated carbocycles. The zero-order valence-corrected chi connectivity index (χ0v) is 16.6. The van der Waals surface area contributed by atoms with Gasteiger partial charge in [0.25, 0.3) is 5.56 Å². The molecule has 5 nitrogen and oxygen atoms in total. The van der Waals surface area contributed by atoms with Crippen molar-refractivity contribution >= 4 is 34.3 Å². The SMILES string of the molecule is COc1cccc(N=Cc2c(O)n(-c3ccc(F)cc3Cl)c(=O)c3ccccc23)c1. The molecule has 0 aliphatic heterocycles. The minimum absolute atomic E-state index is 0.00151. The summed E-state index contributed by atoms with van der Waals surface area (Å²) in [6.07, 6.45) is 1.47. The predicted octanol–water partition coefficient (Wildman–Crippen LogP) is 5.25. The number of aromatic nitrogens is 1. The van der Waals surface area contributed by atoms with E-state index >= 15 is 0 Å². The lowest BCUT2D eigenvalue weighted by Gasteiger charge is -2.14. The van der Waals surface area contributed by atoms with Gasteiger partial charge < -0.3 is 9.84 Å². The molecule has 4 aromatic rings. The van der Waals surface area contributed by atoms with Crippen LogP contribution in [0.3, 0.4) is 0 Å². The predicted molar refractivity (Wildman–Crippen MR) is 116 cm³/mol. The third-order valence-corrected chi connectivity index (χ3v) is 4.95. The van der Waals surface area contributed by atoms with Gasteiger partial charge >= 0.3 is 0 Å². The maximum Gasteiger partial charge on any atom is 0.265 e. The van der Waals surface area contributed by atoms with Crippen LogP contribution in [-0.2, 0) is 0 Å². The quantitative estimate of drug-likeness (QED) is 0.457. The van der Waals surface area contributed by atoms with E-state index in [0.29, 0.717) is 27.8 Å². The van der Waals surface area contributed by atoms with Gasteiger partial charge in [-0.25, -0.2) is 8.96 Å². The Kier molecular flexibility index (Phi) is 5.25. The number of hydrogen-bond donors (Lipinski definition) is 1. The van der Waals surface area contributed by atoms with E-state index in [-0.39, 0.29) is 16.6 Å². The smallest absolute Gasteiger partial charge is 0.265 e. The third-order valence-electron chi connectivity index (χ3n) is 4.65. The van der Waals surface area contributed by atoms with Crippen molar-refractivity contribution in [2.45, 2.75) is 0 Å². The second-order valence-electron chi connectivity index (χ2n) is 6.48. The van der Waals surface area contributed by atoms with E-state index < -0.39 is 11.4 Å². The van der Waals surface area contributed by atoms with Crippen molar-refractivity contribution in [3.63, 3.8) is 0 Å². The zero-order valence-electron chi connectivity index (χ0n) is 15.8. The first kappa shape index (κ1) is 19.7. The van der Waals surface area contributed by atoms with Gasteiger partial charge in [-0.1, -0.05) is 35.9 Å². The van der Waals surface area contributed by atoms with Gasteiger partial charge in [-0.3, -0.25) is 9.79 Å². The van der Waals surface area contributed by atoms with E-state index in [1.165, 1.54) is 18.3 Å². The molecule has 0 atom stereocenters. The molecule has 0 aliphatic rings. The minimum Gasteiger partial charge on any atom is -0.497 e. The van der Waals surface area contributed by atoms with Crippen molar-refractivity contribution in [1.82, 2.24) is 4.57 Å². The molecule has 0 aliphatic carbocycles. The minimum atomic E-state index is -0.545. The van der Waals surface area contributed by atoms with Gasteiger partial charge in [0.05, 0.1) is 29.1 Å². The molecule has 0 amide bonds. The highest BCUT2D eigenvalue weighted by molar-refractivity contribution is 6.32. The van der Waals surface area contributed by atoms with E-state index in [9.17, 15) is 14.3 Å². The van der Waals surface area contributed by atoms with Gasteiger partial charge in [0.15, 0.2) is 0 Å². The van der Waals surface area contributed by atoms with Crippen LogP contribution in [0.1, 0.15) is 5.56 Å². The fourth-order valence-electron chi connectivity index (χ4n) is 3.21. The molecule has 1 heterocycles. The lowest BCUT2D eigenvalue weighted by atomic mass is 10.1. The number of halogens is 2. The number of aliphatic imine (C=N–C) groups is 1. The molecule has 7 heteroatoms. The van der Waals surface area contributed by atoms with E-state index in [0.717, 1.165) is 10.6 Å². The first-order valence-electron chi connectivity index (χ1n) is 9.00. The summed E-state index contributed by atoms with van der Waals surface area (Å²) in [6, 6.07) is 17.6. The molecule has 30 heavy (non-hydrogen) atoms. The van der Waals surface area contributed by atoms with Gasteiger partial charge in [-0.2, -0.15) is 0 Å². The summed E-state index contributed by atoms with van der Waals surface area (Å²) in [5, 5.41) is 11.9. The molecular formula is C23H16ClFN2O3. The number of nitrogens with zero attached hydrogens (tertiary/aromatic N) is 2. The standard InChI is InChI=1S/C23H16ClFN2O3/c1-30-16-6-4-5-15(12-16)26-13-19-17-7-2-3-8-18(17)22(28)27(23(19)29)21-10-9-14(25)11-20(21)24/h2-13,29H,1H3. The Morgan fingerprint density at radius 2 is 1.83 bits per heavy atom. The molecule has 0 unspecified atom stereocenters. The van der Waals surface area contributed by atoms with Crippen LogP contribution in [0.25, 0.3) is 16.5 Å². The van der Waals surface area contributed by atoms with Gasteiger partial charge in [-0.15, -0.1) is 0 Å². The van der Waals surface area contributed by atoms with Crippen molar-refractivity contribution in [3.8, 4) is 17.3 Å². The average molecular weight is 423 g/mol. The number of fused-ring (bicyclic) bond motifs is 1. The normalized spacial score (nSPS) is 11.3. The number of pyridine rings is 1. The van der Waals surface area contributed by atoms with Crippen LogP contribution in [0.5, 0.6) is 11.6 Å². The Morgan fingerprint density at radius 1 is 1.07 bits per heavy atom. The molecule has 0 saturated heterocycles. The summed E-state index contributed by atoms with van der Waals surface area (Å²) in [5.74, 6) is -0.252.